The molecule has 78 valence electrons. The van der Waals surface area contributed by atoms with E-state index >= 15 is 0 Å². The van der Waals surface area contributed by atoms with Crippen LogP contribution in [0.1, 0.15) is 19.3 Å². The van der Waals surface area contributed by atoms with Crippen LogP contribution in [0.3, 0.4) is 0 Å². The van der Waals surface area contributed by atoms with Crippen molar-refractivity contribution in [2.75, 3.05) is 24.7 Å². The molecule has 0 aromatic heterocycles. The molecule has 1 fully saturated rings. The second-order valence-electron chi connectivity index (χ2n) is 3.33. The Morgan fingerprint density at radius 2 is 2.15 bits per heavy atom. The number of hydrogen-bond acceptors (Lipinski definition) is 4. The Labute approximate surface area is 78.8 Å². The molecule has 0 bridgehead atoms. The van der Waals surface area contributed by atoms with Crippen molar-refractivity contribution in [1.82, 2.24) is 0 Å². The molecule has 1 N–H and O–H groups in total. The molecule has 0 radical (unpaired) electrons. The van der Waals surface area contributed by atoms with E-state index in [2.05, 4.69) is 0 Å². The van der Waals surface area contributed by atoms with Gasteiger partial charge in [-0.25, -0.2) is 8.42 Å². The van der Waals surface area contributed by atoms with E-state index in [1.807, 2.05) is 0 Å². The van der Waals surface area contributed by atoms with Gasteiger partial charge in [0.15, 0.2) is 9.84 Å². The Hall–Kier alpha value is -0.130. The molecule has 1 aliphatic rings. The van der Waals surface area contributed by atoms with Crippen LogP contribution in [0.15, 0.2) is 0 Å². The first-order valence-corrected chi connectivity index (χ1v) is 6.39. The molecular weight excluding hydrogens is 192 g/mol. The second-order valence-corrected chi connectivity index (χ2v) is 5.56. The Morgan fingerprint density at radius 3 is 2.69 bits per heavy atom. The first-order chi connectivity index (χ1) is 6.14. The van der Waals surface area contributed by atoms with E-state index < -0.39 is 9.84 Å². The Balaban J connectivity index is 2.37. The summed E-state index contributed by atoms with van der Waals surface area (Å²) < 4.78 is 27.8. The van der Waals surface area contributed by atoms with Gasteiger partial charge in [0.25, 0.3) is 0 Å². The third kappa shape index (κ3) is 4.06. The third-order valence-electron chi connectivity index (χ3n) is 2.12. The van der Waals surface area contributed by atoms with Gasteiger partial charge in [-0.1, -0.05) is 0 Å². The third-order valence-corrected chi connectivity index (χ3v) is 3.80. The van der Waals surface area contributed by atoms with Crippen molar-refractivity contribution < 1.29 is 18.3 Å². The molecule has 1 unspecified atom stereocenters. The van der Waals surface area contributed by atoms with Crippen molar-refractivity contribution in [1.29, 1.82) is 0 Å². The fourth-order valence-electron chi connectivity index (χ4n) is 1.44. The largest absolute Gasteiger partial charge is 0.395 e. The number of rotatable bonds is 4. The molecule has 1 atom stereocenters. The molecule has 4 nitrogen and oxygen atoms in total. The van der Waals surface area contributed by atoms with E-state index in [1.165, 1.54) is 0 Å². The molecule has 1 aliphatic heterocycles. The molecule has 0 saturated carbocycles. The number of aliphatic hydroxyl groups is 1. The average Bonchev–Trinajstić information content (AvgIpc) is 2.04. The van der Waals surface area contributed by atoms with Crippen molar-refractivity contribution in [3.63, 3.8) is 0 Å². The average molecular weight is 208 g/mol. The Morgan fingerprint density at radius 1 is 1.38 bits per heavy atom. The lowest BCUT2D eigenvalue weighted by Crippen LogP contribution is -2.29. The van der Waals surface area contributed by atoms with Gasteiger partial charge in [-0.3, -0.25) is 0 Å². The van der Waals surface area contributed by atoms with E-state index in [-0.39, 0.29) is 24.2 Å². The minimum atomic E-state index is -3.11. The Bertz CT molecular complexity index is 229. The standard InChI is InChI=1S/C8H16O4S/c9-4-6-13(10,11)7-8-3-1-2-5-12-8/h8-9H,1-7H2. The van der Waals surface area contributed by atoms with E-state index in [4.69, 9.17) is 9.84 Å². The van der Waals surface area contributed by atoms with Gasteiger partial charge in [-0.15, -0.1) is 0 Å². The lowest BCUT2D eigenvalue weighted by Gasteiger charge is -2.21. The van der Waals surface area contributed by atoms with Crippen molar-refractivity contribution >= 4 is 9.84 Å². The molecule has 1 heterocycles. The van der Waals surface area contributed by atoms with Gasteiger partial charge in [0, 0.05) is 6.61 Å². The number of hydrogen-bond donors (Lipinski definition) is 1. The topological polar surface area (TPSA) is 63.6 Å². The van der Waals surface area contributed by atoms with Crippen molar-refractivity contribution in [3.8, 4) is 0 Å². The van der Waals surface area contributed by atoms with Crippen LogP contribution in [0.25, 0.3) is 0 Å². The maximum Gasteiger partial charge on any atom is 0.155 e. The van der Waals surface area contributed by atoms with Crippen LogP contribution in [-0.2, 0) is 14.6 Å². The summed E-state index contributed by atoms with van der Waals surface area (Å²) in [7, 11) is -3.11. The zero-order valence-electron chi connectivity index (χ0n) is 7.61. The molecule has 0 aliphatic carbocycles. The molecule has 5 heteroatoms. The van der Waals surface area contributed by atoms with Crippen LogP contribution < -0.4 is 0 Å². The highest BCUT2D eigenvalue weighted by Gasteiger charge is 2.21. The van der Waals surface area contributed by atoms with Gasteiger partial charge in [-0.05, 0) is 19.3 Å². The number of aliphatic hydroxyl groups excluding tert-OH is 1. The fraction of sp³-hybridized carbons (Fsp3) is 1.00. The SMILES string of the molecule is O=S(=O)(CCO)CC1CCCCO1. The van der Waals surface area contributed by atoms with Crippen LogP contribution in [-0.4, -0.2) is 44.3 Å². The van der Waals surface area contributed by atoms with E-state index in [0.717, 1.165) is 19.3 Å². The van der Waals surface area contributed by atoms with Gasteiger partial charge in [-0.2, -0.15) is 0 Å². The summed E-state index contributed by atoms with van der Waals surface area (Å²) in [6.45, 7) is 0.369. The van der Waals surface area contributed by atoms with Crippen molar-refractivity contribution in [3.05, 3.63) is 0 Å². The molecular formula is C8H16O4S. The van der Waals surface area contributed by atoms with Crippen LogP contribution in [0, 0.1) is 0 Å². The maximum absolute atomic E-state index is 11.3. The first kappa shape index (κ1) is 10.9. The van der Waals surface area contributed by atoms with Crippen molar-refractivity contribution in [2.45, 2.75) is 25.4 Å². The molecule has 0 spiro atoms. The summed E-state index contributed by atoms with van der Waals surface area (Å²) in [5.74, 6) is -0.0829. The molecule has 0 aromatic carbocycles. The predicted molar refractivity (Wildman–Crippen MR) is 49.3 cm³/mol. The summed E-state index contributed by atoms with van der Waals surface area (Å²) in [6.07, 6.45) is 2.74. The van der Waals surface area contributed by atoms with Gasteiger partial charge < -0.3 is 9.84 Å². The summed E-state index contributed by atoms with van der Waals surface area (Å²) >= 11 is 0. The smallest absolute Gasteiger partial charge is 0.155 e. The minimum absolute atomic E-state index is 0.0631. The fourth-order valence-corrected chi connectivity index (χ4v) is 2.72. The van der Waals surface area contributed by atoms with Gasteiger partial charge in [0.05, 0.1) is 24.2 Å². The highest BCUT2D eigenvalue weighted by atomic mass is 32.2. The number of ether oxygens (including phenoxy) is 1. The van der Waals surface area contributed by atoms with Gasteiger partial charge in [0.2, 0.25) is 0 Å². The molecule has 1 rings (SSSR count). The highest BCUT2D eigenvalue weighted by Crippen LogP contribution is 2.14. The summed E-state index contributed by atoms with van der Waals surface area (Å²) in [5.41, 5.74) is 0. The minimum Gasteiger partial charge on any atom is -0.395 e. The molecule has 0 aromatic rings. The van der Waals surface area contributed by atoms with Crippen LogP contribution in [0.4, 0.5) is 0 Å². The van der Waals surface area contributed by atoms with Crippen LogP contribution in [0.2, 0.25) is 0 Å². The van der Waals surface area contributed by atoms with Gasteiger partial charge in [0.1, 0.15) is 0 Å². The lowest BCUT2D eigenvalue weighted by atomic mass is 10.1. The molecule has 0 amide bonds. The van der Waals surface area contributed by atoms with E-state index in [0.29, 0.717) is 6.61 Å². The summed E-state index contributed by atoms with van der Waals surface area (Å²) in [5, 5.41) is 8.51. The summed E-state index contributed by atoms with van der Waals surface area (Å²) in [4.78, 5) is 0. The summed E-state index contributed by atoms with van der Waals surface area (Å²) in [6, 6.07) is 0. The lowest BCUT2D eigenvalue weighted by molar-refractivity contribution is 0.0305. The first-order valence-electron chi connectivity index (χ1n) is 4.57. The number of sulfone groups is 1. The molecule has 13 heavy (non-hydrogen) atoms. The maximum atomic E-state index is 11.3. The normalized spacial score (nSPS) is 24.5. The zero-order valence-corrected chi connectivity index (χ0v) is 8.42. The zero-order chi connectivity index (χ0) is 9.73. The van der Waals surface area contributed by atoms with Gasteiger partial charge >= 0.3 is 0 Å². The van der Waals surface area contributed by atoms with E-state index in [1.54, 1.807) is 0 Å². The highest BCUT2D eigenvalue weighted by molar-refractivity contribution is 7.91. The van der Waals surface area contributed by atoms with Crippen LogP contribution >= 0.6 is 0 Å². The monoisotopic (exact) mass is 208 g/mol. The second kappa shape index (κ2) is 4.93. The van der Waals surface area contributed by atoms with Crippen LogP contribution in [0.5, 0.6) is 0 Å². The van der Waals surface area contributed by atoms with E-state index in [9.17, 15) is 8.42 Å². The predicted octanol–water partition coefficient (Wildman–Crippen LogP) is -0.0374. The Kier molecular flexibility index (Phi) is 4.15. The van der Waals surface area contributed by atoms with Crippen molar-refractivity contribution in [2.24, 2.45) is 0 Å². The quantitative estimate of drug-likeness (QED) is 0.704. The molecule has 1 saturated heterocycles.